The summed E-state index contributed by atoms with van der Waals surface area (Å²) in [5.41, 5.74) is 0. The van der Waals surface area contributed by atoms with E-state index in [0.717, 1.165) is 16.9 Å². The van der Waals surface area contributed by atoms with E-state index in [2.05, 4.69) is 27.9 Å². The summed E-state index contributed by atoms with van der Waals surface area (Å²) >= 11 is 3.74. The topological polar surface area (TPSA) is 3.24 Å². The van der Waals surface area contributed by atoms with Crippen LogP contribution in [0.3, 0.4) is 0 Å². The van der Waals surface area contributed by atoms with Gasteiger partial charge in [0.2, 0.25) is 0 Å². The second-order valence-corrected chi connectivity index (χ2v) is 4.73. The SMILES string of the molecule is CN1[C@@H]2CCC(Br)[C@H]1CC2. The van der Waals surface area contributed by atoms with E-state index in [4.69, 9.17) is 0 Å². The number of hydrogen-bond donors (Lipinski definition) is 0. The van der Waals surface area contributed by atoms with Crippen LogP contribution in [0.1, 0.15) is 25.7 Å². The number of piperidine rings is 1. The minimum atomic E-state index is 0.774. The lowest BCUT2D eigenvalue weighted by Crippen LogP contribution is -2.42. The summed E-state index contributed by atoms with van der Waals surface area (Å²) in [4.78, 5) is 3.33. The van der Waals surface area contributed by atoms with Gasteiger partial charge in [-0.2, -0.15) is 0 Å². The van der Waals surface area contributed by atoms with Gasteiger partial charge in [-0.3, -0.25) is 4.90 Å². The molecule has 58 valence electrons. The Morgan fingerprint density at radius 1 is 1.20 bits per heavy atom. The molecule has 2 aliphatic heterocycles. The maximum absolute atomic E-state index is 3.74. The van der Waals surface area contributed by atoms with Gasteiger partial charge in [-0.1, -0.05) is 15.9 Å². The molecule has 0 radical (unpaired) electrons. The largest absolute Gasteiger partial charge is 0.299 e. The number of rotatable bonds is 0. The van der Waals surface area contributed by atoms with Gasteiger partial charge in [-0.05, 0) is 32.7 Å². The van der Waals surface area contributed by atoms with Crippen molar-refractivity contribution in [2.75, 3.05) is 7.05 Å². The summed E-state index contributed by atoms with van der Waals surface area (Å²) in [6.07, 6.45) is 5.64. The maximum atomic E-state index is 3.74. The summed E-state index contributed by atoms with van der Waals surface area (Å²) in [5, 5.41) is 0. The smallest absolute Gasteiger partial charge is 0.0302 e. The lowest BCUT2D eigenvalue weighted by molar-refractivity contribution is 0.186. The lowest BCUT2D eigenvalue weighted by atomic mass is 10.0. The molecule has 2 heteroatoms. The van der Waals surface area contributed by atoms with Gasteiger partial charge in [0.1, 0.15) is 0 Å². The molecule has 2 fully saturated rings. The second kappa shape index (κ2) is 2.49. The molecule has 2 saturated heterocycles. The van der Waals surface area contributed by atoms with Gasteiger partial charge < -0.3 is 0 Å². The third-order valence-electron chi connectivity index (χ3n) is 3.09. The number of alkyl halides is 1. The van der Waals surface area contributed by atoms with Crippen molar-refractivity contribution >= 4 is 15.9 Å². The molecule has 0 spiro atoms. The van der Waals surface area contributed by atoms with Crippen LogP contribution in [0.4, 0.5) is 0 Å². The zero-order valence-corrected chi connectivity index (χ0v) is 7.97. The van der Waals surface area contributed by atoms with Crippen LogP contribution in [-0.2, 0) is 0 Å². The first-order valence-electron chi connectivity index (χ1n) is 4.15. The van der Waals surface area contributed by atoms with Gasteiger partial charge in [-0.15, -0.1) is 0 Å². The van der Waals surface area contributed by atoms with E-state index in [-0.39, 0.29) is 0 Å². The number of fused-ring (bicyclic) bond motifs is 2. The Morgan fingerprint density at radius 3 is 2.60 bits per heavy atom. The molecule has 2 aliphatic rings. The van der Waals surface area contributed by atoms with Gasteiger partial charge in [0.15, 0.2) is 0 Å². The van der Waals surface area contributed by atoms with Crippen molar-refractivity contribution in [1.82, 2.24) is 4.90 Å². The van der Waals surface area contributed by atoms with Crippen molar-refractivity contribution < 1.29 is 0 Å². The highest BCUT2D eigenvalue weighted by Gasteiger charge is 2.38. The number of nitrogens with zero attached hydrogens (tertiary/aromatic N) is 1. The Labute approximate surface area is 70.9 Å². The van der Waals surface area contributed by atoms with E-state index in [1.54, 1.807) is 0 Å². The van der Waals surface area contributed by atoms with Gasteiger partial charge in [-0.25, -0.2) is 0 Å². The lowest BCUT2D eigenvalue weighted by Gasteiger charge is -2.34. The summed E-state index contributed by atoms with van der Waals surface area (Å²) in [7, 11) is 2.27. The zero-order chi connectivity index (χ0) is 7.14. The fourth-order valence-corrected chi connectivity index (χ4v) is 3.27. The molecule has 1 nitrogen and oxygen atoms in total. The summed E-state index contributed by atoms with van der Waals surface area (Å²) in [5.74, 6) is 0. The molecule has 0 aliphatic carbocycles. The number of hydrogen-bond acceptors (Lipinski definition) is 1. The minimum Gasteiger partial charge on any atom is -0.299 e. The Morgan fingerprint density at radius 2 is 1.90 bits per heavy atom. The molecule has 0 saturated carbocycles. The van der Waals surface area contributed by atoms with E-state index in [1.807, 2.05) is 0 Å². The van der Waals surface area contributed by atoms with E-state index in [0.29, 0.717) is 0 Å². The Kier molecular flexibility index (Phi) is 1.77. The van der Waals surface area contributed by atoms with Crippen molar-refractivity contribution in [3.63, 3.8) is 0 Å². The van der Waals surface area contributed by atoms with Crippen molar-refractivity contribution in [2.24, 2.45) is 0 Å². The average molecular weight is 204 g/mol. The molecule has 0 aromatic carbocycles. The van der Waals surface area contributed by atoms with Crippen molar-refractivity contribution in [3.05, 3.63) is 0 Å². The molecule has 2 heterocycles. The Bertz CT molecular complexity index is 137. The van der Waals surface area contributed by atoms with Gasteiger partial charge in [0, 0.05) is 16.9 Å². The van der Waals surface area contributed by atoms with Crippen LogP contribution < -0.4 is 0 Å². The van der Waals surface area contributed by atoms with E-state index >= 15 is 0 Å². The molecule has 1 unspecified atom stereocenters. The highest BCUT2D eigenvalue weighted by molar-refractivity contribution is 9.09. The first-order valence-corrected chi connectivity index (χ1v) is 5.06. The zero-order valence-electron chi connectivity index (χ0n) is 6.39. The highest BCUT2D eigenvalue weighted by Crippen LogP contribution is 2.37. The first-order chi connectivity index (χ1) is 4.79. The average Bonchev–Trinajstić information content (AvgIpc) is 2.13. The molecule has 10 heavy (non-hydrogen) atoms. The quantitative estimate of drug-likeness (QED) is 0.545. The fraction of sp³-hybridized carbons (Fsp3) is 1.00. The van der Waals surface area contributed by atoms with Crippen molar-refractivity contribution in [3.8, 4) is 0 Å². The van der Waals surface area contributed by atoms with Gasteiger partial charge in [0.05, 0.1) is 0 Å². The normalized spacial score (nSPS) is 48.0. The van der Waals surface area contributed by atoms with Crippen LogP contribution in [0.2, 0.25) is 0 Å². The molecular weight excluding hydrogens is 190 g/mol. The minimum absolute atomic E-state index is 0.774. The predicted molar refractivity (Wildman–Crippen MR) is 46.5 cm³/mol. The van der Waals surface area contributed by atoms with Crippen LogP contribution >= 0.6 is 15.9 Å². The van der Waals surface area contributed by atoms with Crippen LogP contribution in [-0.4, -0.2) is 28.9 Å². The molecule has 0 amide bonds. The second-order valence-electron chi connectivity index (χ2n) is 3.56. The molecule has 3 atom stereocenters. The molecule has 2 rings (SSSR count). The monoisotopic (exact) mass is 203 g/mol. The standard InChI is InChI=1S/C8H14BrN/c1-10-6-2-4-7(9)8(10)5-3-6/h6-8H,2-5H2,1H3/t6-,7?,8-/m1/s1. The summed E-state index contributed by atoms with van der Waals surface area (Å²) in [6.45, 7) is 0. The highest BCUT2D eigenvalue weighted by atomic mass is 79.9. The van der Waals surface area contributed by atoms with Crippen LogP contribution in [0, 0.1) is 0 Å². The maximum Gasteiger partial charge on any atom is 0.0302 e. The first kappa shape index (κ1) is 7.11. The van der Waals surface area contributed by atoms with E-state index in [1.165, 1.54) is 25.7 Å². The Balaban J connectivity index is 2.13. The third-order valence-corrected chi connectivity index (χ3v) is 4.16. The van der Waals surface area contributed by atoms with Crippen molar-refractivity contribution in [2.45, 2.75) is 42.6 Å². The molecule has 0 N–H and O–H groups in total. The summed E-state index contributed by atoms with van der Waals surface area (Å²) in [6, 6.07) is 1.76. The van der Waals surface area contributed by atoms with Gasteiger partial charge in [0.25, 0.3) is 0 Å². The van der Waals surface area contributed by atoms with Crippen molar-refractivity contribution in [1.29, 1.82) is 0 Å². The molecular formula is C8H14BrN. The molecule has 2 bridgehead atoms. The molecule has 0 aromatic rings. The fourth-order valence-electron chi connectivity index (χ4n) is 2.37. The van der Waals surface area contributed by atoms with Crippen LogP contribution in [0.5, 0.6) is 0 Å². The molecule has 0 aromatic heterocycles. The van der Waals surface area contributed by atoms with E-state index < -0.39 is 0 Å². The Hall–Kier alpha value is 0.440. The van der Waals surface area contributed by atoms with Crippen LogP contribution in [0.25, 0.3) is 0 Å². The number of halogens is 1. The third kappa shape index (κ3) is 0.928. The summed E-state index contributed by atoms with van der Waals surface area (Å²) < 4.78 is 0. The van der Waals surface area contributed by atoms with E-state index in [9.17, 15) is 0 Å². The van der Waals surface area contributed by atoms with Gasteiger partial charge >= 0.3 is 0 Å². The predicted octanol–water partition coefficient (Wildman–Crippen LogP) is 2.01. The van der Waals surface area contributed by atoms with Crippen LogP contribution in [0.15, 0.2) is 0 Å².